The predicted molar refractivity (Wildman–Crippen MR) is 93.3 cm³/mol. The fourth-order valence-corrected chi connectivity index (χ4v) is 2.65. The predicted octanol–water partition coefficient (Wildman–Crippen LogP) is 1.78. The molecule has 0 aliphatic carbocycles. The van der Waals surface area contributed by atoms with Gasteiger partial charge in [-0.05, 0) is 30.7 Å². The molecule has 1 amide bonds. The summed E-state index contributed by atoms with van der Waals surface area (Å²) >= 11 is 0. The molecule has 0 spiro atoms. The number of carbonyl (C=O) groups is 1. The molecule has 1 unspecified atom stereocenters. The van der Waals surface area contributed by atoms with E-state index in [4.69, 9.17) is 0 Å². The SMILES string of the molecule is CC(C)C(O)CC(=O)Nc1cccc(CN2CCN(C)CC2)c1. The van der Waals surface area contributed by atoms with Crippen molar-refractivity contribution < 1.29 is 9.90 Å². The second-order valence-electron chi connectivity index (χ2n) is 6.84. The number of likely N-dealkylation sites (N-methyl/N-ethyl adjacent to an activating group) is 1. The van der Waals surface area contributed by atoms with E-state index in [-0.39, 0.29) is 18.2 Å². The molecule has 128 valence electrons. The molecular formula is C18H29N3O2. The number of hydrogen-bond acceptors (Lipinski definition) is 4. The maximum atomic E-state index is 12.0. The Bertz CT molecular complexity index is 511. The topological polar surface area (TPSA) is 55.8 Å². The number of nitrogens with one attached hydrogen (secondary N) is 1. The zero-order valence-electron chi connectivity index (χ0n) is 14.5. The highest BCUT2D eigenvalue weighted by molar-refractivity contribution is 5.91. The van der Waals surface area contributed by atoms with Crippen molar-refractivity contribution in [3.8, 4) is 0 Å². The molecule has 0 bridgehead atoms. The lowest BCUT2D eigenvalue weighted by molar-refractivity contribution is -0.118. The van der Waals surface area contributed by atoms with Crippen molar-refractivity contribution in [2.75, 3.05) is 38.5 Å². The molecule has 1 fully saturated rings. The normalized spacial score (nSPS) is 18.1. The highest BCUT2D eigenvalue weighted by Gasteiger charge is 2.16. The Kier molecular flexibility index (Phi) is 6.57. The van der Waals surface area contributed by atoms with Crippen LogP contribution in [0.4, 0.5) is 5.69 Å². The summed E-state index contributed by atoms with van der Waals surface area (Å²) in [6, 6.07) is 7.99. The molecule has 5 nitrogen and oxygen atoms in total. The Labute approximate surface area is 139 Å². The number of nitrogens with zero attached hydrogens (tertiary/aromatic N) is 2. The van der Waals surface area contributed by atoms with E-state index in [2.05, 4.69) is 28.2 Å². The maximum absolute atomic E-state index is 12.0. The van der Waals surface area contributed by atoms with Gasteiger partial charge in [-0.25, -0.2) is 0 Å². The van der Waals surface area contributed by atoms with Gasteiger partial charge in [0.15, 0.2) is 0 Å². The van der Waals surface area contributed by atoms with Gasteiger partial charge in [-0.3, -0.25) is 9.69 Å². The third kappa shape index (κ3) is 5.94. The van der Waals surface area contributed by atoms with Crippen LogP contribution in [0.3, 0.4) is 0 Å². The molecule has 5 heteroatoms. The lowest BCUT2D eigenvalue weighted by Gasteiger charge is -2.32. The van der Waals surface area contributed by atoms with Crippen molar-refractivity contribution >= 4 is 11.6 Å². The summed E-state index contributed by atoms with van der Waals surface area (Å²) in [6.45, 7) is 9.09. The number of anilines is 1. The van der Waals surface area contributed by atoms with Crippen molar-refractivity contribution in [3.05, 3.63) is 29.8 Å². The van der Waals surface area contributed by atoms with E-state index in [1.54, 1.807) is 0 Å². The Morgan fingerprint density at radius 3 is 2.61 bits per heavy atom. The van der Waals surface area contributed by atoms with Crippen LogP contribution in [0.1, 0.15) is 25.8 Å². The van der Waals surface area contributed by atoms with Crippen LogP contribution in [0, 0.1) is 5.92 Å². The summed E-state index contributed by atoms with van der Waals surface area (Å²) in [7, 11) is 2.15. The van der Waals surface area contributed by atoms with Gasteiger partial charge >= 0.3 is 0 Å². The van der Waals surface area contributed by atoms with Gasteiger partial charge in [0.25, 0.3) is 0 Å². The number of amides is 1. The van der Waals surface area contributed by atoms with Gasteiger partial charge in [-0.2, -0.15) is 0 Å². The fourth-order valence-electron chi connectivity index (χ4n) is 2.65. The monoisotopic (exact) mass is 319 g/mol. The van der Waals surface area contributed by atoms with Gasteiger partial charge in [-0.15, -0.1) is 0 Å². The van der Waals surface area contributed by atoms with E-state index >= 15 is 0 Å². The molecule has 1 saturated heterocycles. The number of carbonyl (C=O) groups excluding carboxylic acids is 1. The van der Waals surface area contributed by atoms with Crippen molar-refractivity contribution in [1.29, 1.82) is 0 Å². The van der Waals surface area contributed by atoms with E-state index in [1.165, 1.54) is 5.56 Å². The zero-order valence-corrected chi connectivity index (χ0v) is 14.5. The van der Waals surface area contributed by atoms with Crippen LogP contribution in [-0.4, -0.2) is 60.1 Å². The highest BCUT2D eigenvalue weighted by Crippen LogP contribution is 2.15. The van der Waals surface area contributed by atoms with Crippen molar-refractivity contribution in [2.24, 2.45) is 5.92 Å². The molecule has 1 aliphatic rings. The summed E-state index contributed by atoms with van der Waals surface area (Å²) in [5, 5.41) is 12.7. The van der Waals surface area contributed by atoms with Gasteiger partial charge in [0.2, 0.25) is 5.91 Å². The van der Waals surface area contributed by atoms with Gasteiger partial charge in [0, 0.05) is 38.4 Å². The summed E-state index contributed by atoms with van der Waals surface area (Å²) in [5.74, 6) is -0.0488. The van der Waals surface area contributed by atoms with Crippen LogP contribution >= 0.6 is 0 Å². The van der Waals surface area contributed by atoms with Crippen molar-refractivity contribution in [1.82, 2.24) is 9.80 Å². The minimum Gasteiger partial charge on any atom is -0.392 e. The molecule has 1 atom stereocenters. The van der Waals surface area contributed by atoms with E-state index in [1.807, 2.05) is 32.0 Å². The molecular weight excluding hydrogens is 290 g/mol. The third-order valence-corrected chi connectivity index (χ3v) is 4.38. The van der Waals surface area contributed by atoms with Crippen LogP contribution in [0.15, 0.2) is 24.3 Å². The van der Waals surface area contributed by atoms with Gasteiger partial charge in [-0.1, -0.05) is 26.0 Å². The van der Waals surface area contributed by atoms with Crippen molar-refractivity contribution in [2.45, 2.75) is 32.9 Å². The molecule has 1 aliphatic heterocycles. The largest absolute Gasteiger partial charge is 0.392 e. The van der Waals surface area contributed by atoms with Gasteiger partial charge < -0.3 is 15.3 Å². The molecule has 2 N–H and O–H groups in total. The maximum Gasteiger partial charge on any atom is 0.226 e. The minimum atomic E-state index is -0.594. The molecule has 2 rings (SSSR count). The van der Waals surface area contributed by atoms with Crippen LogP contribution in [0.5, 0.6) is 0 Å². The Morgan fingerprint density at radius 2 is 1.96 bits per heavy atom. The third-order valence-electron chi connectivity index (χ3n) is 4.38. The number of piperazine rings is 1. The lowest BCUT2D eigenvalue weighted by Crippen LogP contribution is -2.43. The number of aliphatic hydroxyl groups is 1. The number of benzene rings is 1. The van der Waals surface area contributed by atoms with E-state index < -0.39 is 6.10 Å². The molecule has 1 heterocycles. The molecule has 23 heavy (non-hydrogen) atoms. The standard InChI is InChI=1S/C18H29N3O2/c1-14(2)17(22)12-18(23)19-16-6-4-5-15(11-16)13-21-9-7-20(3)8-10-21/h4-6,11,14,17,22H,7-10,12-13H2,1-3H3,(H,19,23). The smallest absolute Gasteiger partial charge is 0.226 e. The first-order valence-electron chi connectivity index (χ1n) is 8.42. The number of rotatable bonds is 6. The molecule has 0 radical (unpaired) electrons. The van der Waals surface area contributed by atoms with Gasteiger partial charge in [0.1, 0.15) is 0 Å². The molecule has 1 aromatic carbocycles. The van der Waals surface area contributed by atoms with Crippen LogP contribution in [-0.2, 0) is 11.3 Å². The quantitative estimate of drug-likeness (QED) is 0.839. The van der Waals surface area contributed by atoms with E-state index in [9.17, 15) is 9.90 Å². The van der Waals surface area contributed by atoms with Crippen LogP contribution in [0.2, 0.25) is 0 Å². The molecule has 0 saturated carbocycles. The summed E-state index contributed by atoms with van der Waals surface area (Å²) in [6.07, 6.45) is -0.455. The summed E-state index contributed by atoms with van der Waals surface area (Å²) in [4.78, 5) is 16.8. The highest BCUT2D eigenvalue weighted by atomic mass is 16.3. The second-order valence-corrected chi connectivity index (χ2v) is 6.84. The minimum absolute atomic E-state index is 0.0873. The second kappa shape index (κ2) is 8.43. The molecule has 0 aromatic heterocycles. The molecule has 1 aromatic rings. The Morgan fingerprint density at radius 1 is 1.26 bits per heavy atom. The zero-order chi connectivity index (χ0) is 16.8. The summed E-state index contributed by atoms with van der Waals surface area (Å²) < 4.78 is 0. The van der Waals surface area contributed by atoms with E-state index in [0.29, 0.717) is 0 Å². The number of aliphatic hydroxyl groups excluding tert-OH is 1. The first kappa shape index (κ1) is 17.9. The first-order valence-corrected chi connectivity index (χ1v) is 8.42. The summed E-state index contributed by atoms with van der Waals surface area (Å²) in [5.41, 5.74) is 2.01. The number of hydrogen-bond donors (Lipinski definition) is 2. The first-order chi connectivity index (χ1) is 10.9. The van der Waals surface area contributed by atoms with Gasteiger partial charge in [0.05, 0.1) is 12.5 Å². The fraction of sp³-hybridized carbons (Fsp3) is 0.611. The Balaban J connectivity index is 1.88. The Hall–Kier alpha value is -1.43. The average molecular weight is 319 g/mol. The average Bonchev–Trinajstić information content (AvgIpc) is 2.49. The van der Waals surface area contributed by atoms with Crippen LogP contribution in [0.25, 0.3) is 0 Å². The van der Waals surface area contributed by atoms with E-state index in [0.717, 1.165) is 38.4 Å². The lowest BCUT2D eigenvalue weighted by atomic mass is 10.0. The van der Waals surface area contributed by atoms with Crippen LogP contribution < -0.4 is 5.32 Å². The van der Waals surface area contributed by atoms with Crippen molar-refractivity contribution in [3.63, 3.8) is 0 Å².